The Labute approximate surface area is 168 Å². The molecule has 4 heteroatoms. The van der Waals surface area contributed by atoms with Gasteiger partial charge in [0.05, 0.1) is 12.7 Å². The maximum absolute atomic E-state index is 6.60. The lowest BCUT2D eigenvalue weighted by atomic mass is 10.1. The molecule has 0 amide bonds. The van der Waals surface area contributed by atoms with Crippen molar-refractivity contribution in [2.45, 2.75) is 51.4 Å². The number of ether oxygens (including phenoxy) is 1. The van der Waals surface area contributed by atoms with Crippen molar-refractivity contribution in [1.82, 2.24) is 0 Å². The third-order valence-corrected chi connectivity index (χ3v) is 10.2. The van der Waals surface area contributed by atoms with Crippen LogP contribution in [-0.2, 0) is 10.8 Å². The molecular weight excluding hydrogens is 404 g/mol. The van der Waals surface area contributed by atoms with Crippen molar-refractivity contribution in [1.29, 1.82) is 0 Å². The molecule has 0 aromatic heterocycles. The zero-order chi connectivity index (χ0) is 19.2. The van der Waals surface area contributed by atoms with Gasteiger partial charge in [0.15, 0.2) is 8.32 Å². The first kappa shape index (κ1) is 21.2. The normalized spacial score (nSPS) is 13.5. The van der Waals surface area contributed by atoms with Crippen LogP contribution < -0.4 is 4.74 Å². The Balaban J connectivity index is 2.02. The van der Waals surface area contributed by atoms with Gasteiger partial charge in [0.25, 0.3) is 0 Å². The van der Waals surface area contributed by atoms with Gasteiger partial charge in [-0.1, -0.05) is 79.2 Å². The van der Waals surface area contributed by atoms with Crippen LogP contribution in [-0.4, -0.2) is 20.3 Å². The van der Waals surface area contributed by atoms with E-state index in [-0.39, 0.29) is 11.1 Å². The number of hydrogen-bond acceptors (Lipinski definition) is 2. The average Bonchev–Trinajstić information content (AvgIpc) is 2.60. The molecule has 2 aromatic carbocycles. The van der Waals surface area contributed by atoms with E-state index < -0.39 is 8.32 Å². The molecule has 2 aromatic rings. The standard InChI is InChI=1S/C22H31BrO2Si/c1-22(2,3)26(4,5)25-21(17-23)19-12-9-13-20(16-19)24-15-14-18-10-7-6-8-11-18/h6-13,16,21H,14-15,17H2,1-5H3/t21-/m0/s1. The van der Waals surface area contributed by atoms with Crippen LogP contribution in [0.4, 0.5) is 0 Å². The van der Waals surface area contributed by atoms with Crippen LogP contribution in [0.3, 0.4) is 0 Å². The minimum absolute atomic E-state index is 0.0496. The van der Waals surface area contributed by atoms with Crippen LogP contribution in [0.25, 0.3) is 0 Å². The summed E-state index contributed by atoms with van der Waals surface area (Å²) in [6.07, 6.45) is 0.960. The summed E-state index contributed by atoms with van der Waals surface area (Å²) in [7, 11) is -1.83. The summed E-state index contributed by atoms with van der Waals surface area (Å²) in [6, 6.07) is 18.7. The number of alkyl halides is 1. The Morgan fingerprint density at radius 3 is 2.31 bits per heavy atom. The highest BCUT2D eigenvalue weighted by atomic mass is 79.9. The summed E-state index contributed by atoms with van der Waals surface area (Å²) >= 11 is 3.64. The first-order valence-electron chi connectivity index (χ1n) is 9.23. The lowest BCUT2D eigenvalue weighted by Crippen LogP contribution is -2.42. The van der Waals surface area contributed by atoms with Crippen molar-refractivity contribution >= 4 is 24.2 Å². The van der Waals surface area contributed by atoms with Gasteiger partial charge < -0.3 is 9.16 Å². The quantitative estimate of drug-likeness (QED) is 0.337. The number of benzene rings is 2. The van der Waals surface area contributed by atoms with E-state index in [4.69, 9.17) is 9.16 Å². The highest BCUT2D eigenvalue weighted by molar-refractivity contribution is 9.09. The fraction of sp³-hybridized carbons (Fsp3) is 0.455. The molecule has 0 aliphatic heterocycles. The summed E-state index contributed by atoms with van der Waals surface area (Å²) in [5.74, 6) is 0.906. The SMILES string of the molecule is CC(C)(C)[Si](C)(C)O[C@@H](CBr)c1cccc(OCCc2ccccc2)c1. The Hall–Kier alpha value is -1.10. The van der Waals surface area contributed by atoms with Crippen LogP contribution in [0.2, 0.25) is 18.1 Å². The molecule has 2 nitrogen and oxygen atoms in total. The predicted molar refractivity (Wildman–Crippen MR) is 117 cm³/mol. The van der Waals surface area contributed by atoms with E-state index in [1.165, 1.54) is 11.1 Å². The Morgan fingerprint density at radius 1 is 1.00 bits per heavy atom. The molecule has 0 bridgehead atoms. The fourth-order valence-electron chi connectivity index (χ4n) is 2.46. The van der Waals surface area contributed by atoms with Gasteiger partial charge in [0.2, 0.25) is 0 Å². The Kier molecular flexibility index (Phi) is 7.50. The van der Waals surface area contributed by atoms with E-state index in [0.717, 1.165) is 17.5 Å². The maximum Gasteiger partial charge on any atom is 0.192 e. The summed E-state index contributed by atoms with van der Waals surface area (Å²) in [4.78, 5) is 0. The molecule has 142 valence electrons. The molecule has 0 fully saturated rings. The lowest BCUT2D eigenvalue weighted by molar-refractivity contribution is 0.208. The largest absolute Gasteiger partial charge is 0.493 e. The van der Waals surface area contributed by atoms with Crippen LogP contribution in [0, 0.1) is 0 Å². The summed E-state index contributed by atoms with van der Waals surface area (Å²) in [6.45, 7) is 12.1. The zero-order valence-corrected chi connectivity index (χ0v) is 19.2. The molecule has 0 aliphatic rings. The molecule has 0 heterocycles. The van der Waals surface area contributed by atoms with E-state index in [1.54, 1.807) is 0 Å². The predicted octanol–water partition coefficient (Wildman–Crippen LogP) is 6.77. The first-order chi connectivity index (χ1) is 12.2. The second-order valence-electron chi connectivity index (χ2n) is 8.18. The second-order valence-corrected chi connectivity index (χ2v) is 13.6. The van der Waals surface area contributed by atoms with Gasteiger partial charge >= 0.3 is 0 Å². The van der Waals surface area contributed by atoms with Crippen molar-refractivity contribution in [3.8, 4) is 5.75 Å². The molecule has 0 saturated heterocycles. The molecule has 1 atom stereocenters. The molecule has 0 radical (unpaired) electrons. The molecule has 0 saturated carbocycles. The van der Waals surface area contributed by atoms with Gasteiger partial charge in [0, 0.05) is 11.8 Å². The minimum Gasteiger partial charge on any atom is -0.493 e. The van der Waals surface area contributed by atoms with E-state index in [1.807, 2.05) is 12.1 Å². The molecule has 0 spiro atoms. The van der Waals surface area contributed by atoms with Crippen molar-refractivity contribution in [2.24, 2.45) is 0 Å². The summed E-state index contributed by atoms with van der Waals surface area (Å²) in [5.41, 5.74) is 2.46. The second kappa shape index (κ2) is 9.20. The summed E-state index contributed by atoms with van der Waals surface area (Å²) < 4.78 is 12.6. The van der Waals surface area contributed by atoms with Gasteiger partial charge in [-0.3, -0.25) is 0 Å². The van der Waals surface area contributed by atoms with Crippen LogP contribution in [0.15, 0.2) is 54.6 Å². The molecule has 2 rings (SSSR count). The first-order valence-corrected chi connectivity index (χ1v) is 13.3. The molecular formula is C22H31BrO2Si. The monoisotopic (exact) mass is 434 g/mol. The van der Waals surface area contributed by atoms with Gasteiger partial charge in [0.1, 0.15) is 5.75 Å². The van der Waals surface area contributed by atoms with Crippen LogP contribution >= 0.6 is 15.9 Å². The number of halogens is 1. The maximum atomic E-state index is 6.60. The van der Waals surface area contributed by atoms with Crippen molar-refractivity contribution in [3.63, 3.8) is 0 Å². The van der Waals surface area contributed by atoms with Gasteiger partial charge in [-0.25, -0.2) is 0 Å². The topological polar surface area (TPSA) is 18.5 Å². The fourth-order valence-corrected chi connectivity index (χ4v) is 4.49. The molecule has 26 heavy (non-hydrogen) atoms. The van der Waals surface area contributed by atoms with E-state index >= 15 is 0 Å². The van der Waals surface area contributed by atoms with Crippen molar-refractivity contribution in [2.75, 3.05) is 11.9 Å². The smallest absolute Gasteiger partial charge is 0.192 e. The average molecular weight is 435 g/mol. The molecule has 0 aliphatic carbocycles. The highest BCUT2D eigenvalue weighted by Gasteiger charge is 2.39. The number of hydrogen-bond donors (Lipinski definition) is 0. The molecule has 0 N–H and O–H groups in total. The Morgan fingerprint density at radius 2 is 1.69 bits per heavy atom. The van der Waals surface area contributed by atoms with Gasteiger partial charge in [-0.05, 0) is 41.4 Å². The van der Waals surface area contributed by atoms with Crippen molar-refractivity contribution < 1.29 is 9.16 Å². The molecule has 0 unspecified atom stereocenters. The third-order valence-electron chi connectivity index (χ3n) is 5.12. The summed E-state index contributed by atoms with van der Waals surface area (Å²) in [5, 5.41) is 0.976. The van der Waals surface area contributed by atoms with Crippen LogP contribution in [0.5, 0.6) is 5.75 Å². The van der Waals surface area contributed by atoms with Gasteiger partial charge in [-0.15, -0.1) is 0 Å². The third kappa shape index (κ3) is 5.97. The van der Waals surface area contributed by atoms with E-state index in [0.29, 0.717) is 6.61 Å². The Bertz CT molecular complexity index is 680. The minimum atomic E-state index is -1.83. The van der Waals surface area contributed by atoms with E-state index in [2.05, 4.69) is 92.3 Å². The van der Waals surface area contributed by atoms with Crippen LogP contribution in [0.1, 0.15) is 38.0 Å². The van der Waals surface area contributed by atoms with E-state index in [9.17, 15) is 0 Å². The number of rotatable bonds is 8. The zero-order valence-electron chi connectivity index (χ0n) is 16.6. The van der Waals surface area contributed by atoms with Crippen molar-refractivity contribution in [3.05, 3.63) is 65.7 Å². The van der Waals surface area contributed by atoms with Gasteiger partial charge in [-0.2, -0.15) is 0 Å². The highest BCUT2D eigenvalue weighted by Crippen LogP contribution is 2.40. The lowest BCUT2D eigenvalue weighted by Gasteiger charge is -2.39.